The van der Waals surface area contributed by atoms with E-state index < -0.39 is 6.10 Å². The molecule has 0 amide bonds. The van der Waals surface area contributed by atoms with Gasteiger partial charge >= 0.3 is 0 Å². The lowest BCUT2D eigenvalue weighted by Crippen LogP contribution is -2.50. The topological polar surface area (TPSA) is 56.2 Å². The van der Waals surface area contributed by atoms with Crippen LogP contribution in [0.3, 0.4) is 0 Å². The van der Waals surface area contributed by atoms with Gasteiger partial charge in [-0.05, 0) is 36.0 Å². The zero-order valence-electron chi connectivity index (χ0n) is 15.7. The van der Waals surface area contributed by atoms with E-state index in [9.17, 15) is 5.11 Å². The van der Waals surface area contributed by atoms with Crippen molar-refractivity contribution in [3.05, 3.63) is 0 Å². The zero-order chi connectivity index (χ0) is 17.4. The minimum atomic E-state index is -0.409. The molecule has 3 aliphatic rings. The second-order valence-corrected chi connectivity index (χ2v) is 9.15. The summed E-state index contributed by atoms with van der Waals surface area (Å²) in [6.07, 6.45) is 3.76. The van der Waals surface area contributed by atoms with Crippen LogP contribution in [0.1, 0.15) is 40.0 Å². The van der Waals surface area contributed by atoms with Crippen LogP contribution < -0.4 is 0 Å². The first-order valence-corrected chi connectivity index (χ1v) is 9.70. The van der Waals surface area contributed by atoms with Crippen LogP contribution in [0.4, 0.5) is 0 Å². The number of hydrogen-bond donors (Lipinski definition) is 2. The van der Waals surface area contributed by atoms with E-state index in [-0.39, 0.29) is 18.1 Å². The van der Waals surface area contributed by atoms with Gasteiger partial charge in [-0.25, -0.2) is 0 Å². The predicted octanol–water partition coefficient (Wildman–Crippen LogP) is 1.19. The standard InChI is InChI=1S/C19H36N2O3/c1-18(2)15-4-5-19(3,12-15)17(18)24-14-16(23)13-21-8-6-20(7-9-21)10-11-22/h15-17,22-23H,4-14H2,1-3H3/t15?,16?,17?,19-/m1/s1. The first-order chi connectivity index (χ1) is 11.3. The van der Waals surface area contributed by atoms with E-state index in [0.717, 1.165) is 38.6 Å². The minimum Gasteiger partial charge on any atom is -0.395 e. The molecule has 0 radical (unpaired) electrons. The van der Waals surface area contributed by atoms with Crippen molar-refractivity contribution in [2.75, 3.05) is 52.5 Å². The molecule has 0 aromatic heterocycles. The molecule has 1 saturated heterocycles. The summed E-state index contributed by atoms with van der Waals surface area (Å²) in [5.41, 5.74) is 0.548. The number of rotatable bonds is 7. The fourth-order valence-corrected chi connectivity index (χ4v) is 5.57. The molecule has 1 aliphatic heterocycles. The van der Waals surface area contributed by atoms with Gasteiger partial charge in [-0.15, -0.1) is 0 Å². The van der Waals surface area contributed by atoms with E-state index in [1.165, 1.54) is 19.3 Å². The summed E-state index contributed by atoms with van der Waals surface area (Å²) in [4.78, 5) is 4.59. The van der Waals surface area contributed by atoms with Gasteiger partial charge in [-0.1, -0.05) is 20.8 Å². The molecule has 24 heavy (non-hydrogen) atoms. The van der Waals surface area contributed by atoms with Gasteiger partial charge < -0.3 is 14.9 Å². The van der Waals surface area contributed by atoms with Gasteiger partial charge in [0.15, 0.2) is 0 Å². The summed E-state index contributed by atoms with van der Waals surface area (Å²) in [6.45, 7) is 13.1. The summed E-state index contributed by atoms with van der Waals surface area (Å²) in [7, 11) is 0. The average Bonchev–Trinajstić information content (AvgIpc) is 3.00. The SMILES string of the molecule is CC1(C)C2CC[C@](C)(C2)C1OCC(O)CN1CCN(CCO)CC1. The molecule has 5 heteroatoms. The van der Waals surface area contributed by atoms with Crippen LogP contribution in [0.25, 0.3) is 0 Å². The first kappa shape index (κ1) is 18.6. The van der Waals surface area contributed by atoms with Crippen molar-refractivity contribution in [1.82, 2.24) is 9.80 Å². The Kier molecular flexibility index (Phi) is 5.57. The van der Waals surface area contributed by atoms with E-state index in [2.05, 4.69) is 30.6 Å². The highest BCUT2D eigenvalue weighted by Crippen LogP contribution is 2.63. The predicted molar refractivity (Wildman–Crippen MR) is 94.9 cm³/mol. The van der Waals surface area contributed by atoms with Gasteiger partial charge in [0, 0.05) is 39.3 Å². The van der Waals surface area contributed by atoms with E-state index in [1.54, 1.807) is 0 Å². The summed E-state index contributed by atoms with van der Waals surface area (Å²) >= 11 is 0. The Morgan fingerprint density at radius 2 is 1.79 bits per heavy atom. The summed E-state index contributed by atoms with van der Waals surface area (Å²) < 4.78 is 6.30. The van der Waals surface area contributed by atoms with Gasteiger partial charge in [0.25, 0.3) is 0 Å². The van der Waals surface area contributed by atoms with Crippen molar-refractivity contribution in [2.24, 2.45) is 16.7 Å². The molecule has 2 bridgehead atoms. The summed E-state index contributed by atoms with van der Waals surface area (Å²) in [6, 6.07) is 0. The van der Waals surface area contributed by atoms with Crippen molar-refractivity contribution in [1.29, 1.82) is 0 Å². The maximum atomic E-state index is 10.4. The van der Waals surface area contributed by atoms with E-state index in [4.69, 9.17) is 9.84 Å². The fraction of sp³-hybridized carbons (Fsp3) is 1.00. The molecule has 0 aromatic rings. The number of aliphatic hydroxyl groups excluding tert-OH is 2. The monoisotopic (exact) mass is 340 g/mol. The number of β-amino-alcohol motifs (C(OH)–C–C–N with tert-alkyl or cyclic N) is 2. The highest BCUT2D eigenvalue weighted by Gasteiger charge is 2.60. The van der Waals surface area contributed by atoms with Crippen molar-refractivity contribution in [2.45, 2.75) is 52.2 Å². The lowest BCUT2D eigenvalue weighted by molar-refractivity contribution is -0.114. The molecule has 2 N–H and O–H groups in total. The Labute approximate surface area is 147 Å². The summed E-state index contributed by atoms with van der Waals surface area (Å²) in [5.74, 6) is 0.782. The Balaban J connectivity index is 1.42. The Bertz CT molecular complexity index is 418. The van der Waals surface area contributed by atoms with Gasteiger partial charge in [0.1, 0.15) is 0 Å². The fourth-order valence-electron chi connectivity index (χ4n) is 5.57. The van der Waals surface area contributed by atoms with Gasteiger partial charge in [0.2, 0.25) is 0 Å². The van der Waals surface area contributed by atoms with Crippen molar-refractivity contribution in [3.8, 4) is 0 Å². The lowest BCUT2D eigenvalue weighted by atomic mass is 9.70. The van der Waals surface area contributed by atoms with Gasteiger partial charge in [-0.3, -0.25) is 9.80 Å². The van der Waals surface area contributed by atoms with Crippen LogP contribution in [0.5, 0.6) is 0 Å². The molecular weight excluding hydrogens is 304 g/mol. The number of aliphatic hydroxyl groups is 2. The highest BCUT2D eigenvalue weighted by atomic mass is 16.5. The van der Waals surface area contributed by atoms with Crippen molar-refractivity contribution in [3.63, 3.8) is 0 Å². The minimum absolute atomic E-state index is 0.230. The number of piperazine rings is 1. The average molecular weight is 341 g/mol. The lowest BCUT2D eigenvalue weighted by Gasteiger charge is -2.43. The second kappa shape index (κ2) is 7.20. The van der Waals surface area contributed by atoms with Crippen molar-refractivity contribution >= 4 is 0 Å². The van der Waals surface area contributed by atoms with Crippen LogP contribution in [0.2, 0.25) is 0 Å². The first-order valence-electron chi connectivity index (χ1n) is 9.70. The molecule has 2 aliphatic carbocycles. The van der Waals surface area contributed by atoms with Crippen LogP contribution in [0, 0.1) is 16.7 Å². The number of fused-ring (bicyclic) bond motifs is 2. The van der Waals surface area contributed by atoms with Crippen LogP contribution >= 0.6 is 0 Å². The highest BCUT2D eigenvalue weighted by molar-refractivity contribution is 5.09. The summed E-state index contributed by atoms with van der Waals surface area (Å²) in [5, 5.41) is 19.4. The van der Waals surface area contributed by atoms with E-state index in [1.807, 2.05) is 0 Å². The van der Waals surface area contributed by atoms with Crippen molar-refractivity contribution < 1.29 is 14.9 Å². The molecule has 0 spiro atoms. The Morgan fingerprint density at radius 3 is 2.38 bits per heavy atom. The van der Waals surface area contributed by atoms with E-state index >= 15 is 0 Å². The molecule has 3 unspecified atom stereocenters. The van der Waals surface area contributed by atoms with Crippen LogP contribution in [0.15, 0.2) is 0 Å². The Hall–Kier alpha value is -0.200. The number of ether oxygens (including phenoxy) is 1. The molecule has 4 atom stereocenters. The number of hydrogen-bond acceptors (Lipinski definition) is 5. The molecule has 3 rings (SSSR count). The molecule has 5 nitrogen and oxygen atoms in total. The third-order valence-electron chi connectivity index (χ3n) is 6.94. The number of nitrogens with zero attached hydrogens (tertiary/aromatic N) is 2. The van der Waals surface area contributed by atoms with Gasteiger partial charge in [-0.2, -0.15) is 0 Å². The van der Waals surface area contributed by atoms with Crippen LogP contribution in [-0.2, 0) is 4.74 Å². The van der Waals surface area contributed by atoms with E-state index in [0.29, 0.717) is 18.6 Å². The van der Waals surface area contributed by atoms with Crippen LogP contribution in [-0.4, -0.2) is 84.7 Å². The maximum absolute atomic E-state index is 10.4. The normalized spacial score (nSPS) is 37.9. The van der Waals surface area contributed by atoms with Gasteiger partial charge in [0.05, 0.1) is 25.4 Å². The maximum Gasteiger partial charge on any atom is 0.0900 e. The Morgan fingerprint density at radius 1 is 1.12 bits per heavy atom. The molecule has 1 heterocycles. The molecule has 140 valence electrons. The molecule has 3 fully saturated rings. The third-order valence-corrected chi connectivity index (χ3v) is 6.94. The largest absolute Gasteiger partial charge is 0.395 e. The molecule has 0 aromatic carbocycles. The molecular formula is C19H36N2O3. The quantitative estimate of drug-likeness (QED) is 0.729. The third kappa shape index (κ3) is 3.65. The second-order valence-electron chi connectivity index (χ2n) is 9.15. The molecule has 2 saturated carbocycles. The zero-order valence-corrected chi connectivity index (χ0v) is 15.7. The smallest absolute Gasteiger partial charge is 0.0900 e.